The van der Waals surface area contributed by atoms with Gasteiger partial charge in [0.1, 0.15) is 10.8 Å². The number of hydrogen-bond donors (Lipinski definition) is 0. The Bertz CT molecular complexity index is 994. The molecule has 2 heterocycles. The highest BCUT2D eigenvalue weighted by atomic mass is 35.5. The van der Waals surface area contributed by atoms with E-state index in [1.54, 1.807) is 18.2 Å². The van der Waals surface area contributed by atoms with E-state index in [4.69, 9.17) is 27.9 Å². The van der Waals surface area contributed by atoms with Gasteiger partial charge >= 0.3 is 6.18 Å². The average molecular weight is 487 g/mol. The minimum absolute atomic E-state index is 0.131. The van der Waals surface area contributed by atoms with Gasteiger partial charge in [-0.1, -0.05) is 42.5 Å². The highest BCUT2D eigenvalue weighted by Gasteiger charge is 2.36. The van der Waals surface area contributed by atoms with Crippen LogP contribution >= 0.6 is 23.2 Å². The van der Waals surface area contributed by atoms with E-state index in [2.05, 4.69) is 4.98 Å². The Kier molecular flexibility index (Phi) is 6.86. The molecule has 1 saturated heterocycles. The maximum absolute atomic E-state index is 13.0. The Morgan fingerprint density at radius 3 is 2.50 bits per heavy atom. The Balaban J connectivity index is 1.46. The van der Waals surface area contributed by atoms with E-state index in [1.165, 1.54) is 19.3 Å². The van der Waals surface area contributed by atoms with Crippen molar-refractivity contribution in [2.75, 3.05) is 6.54 Å². The molecule has 4 rings (SSSR count). The van der Waals surface area contributed by atoms with Crippen LogP contribution in [-0.2, 0) is 17.4 Å². The van der Waals surface area contributed by atoms with Crippen molar-refractivity contribution in [1.29, 1.82) is 0 Å². The summed E-state index contributed by atoms with van der Waals surface area (Å²) in [6.45, 7) is 0.771. The van der Waals surface area contributed by atoms with Gasteiger partial charge in [0.2, 0.25) is 11.8 Å². The van der Waals surface area contributed by atoms with E-state index >= 15 is 0 Å². The van der Waals surface area contributed by atoms with Crippen molar-refractivity contribution in [3.8, 4) is 11.6 Å². The number of pyridine rings is 1. The number of likely N-dealkylation sites (tertiary alicyclic amines) is 1. The molecule has 1 aromatic heterocycles. The van der Waals surface area contributed by atoms with E-state index in [0.717, 1.165) is 37.4 Å². The van der Waals surface area contributed by atoms with Crippen LogP contribution in [0.2, 0.25) is 10.0 Å². The highest BCUT2D eigenvalue weighted by Crippen LogP contribution is 2.36. The number of amides is 1. The summed E-state index contributed by atoms with van der Waals surface area (Å²) in [6, 6.07) is 6.04. The first-order valence-electron chi connectivity index (χ1n) is 10.7. The van der Waals surface area contributed by atoms with Gasteiger partial charge in [0.05, 0.1) is 5.56 Å². The van der Waals surface area contributed by atoms with Gasteiger partial charge in [-0.05, 0) is 55.5 Å². The summed E-state index contributed by atoms with van der Waals surface area (Å²) in [6.07, 6.45) is 3.12. The molecule has 1 saturated carbocycles. The first kappa shape index (κ1) is 23.2. The van der Waals surface area contributed by atoms with Gasteiger partial charge in [0.25, 0.3) is 0 Å². The number of halogens is 5. The van der Waals surface area contributed by atoms with Crippen molar-refractivity contribution in [2.45, 2.75) is 57.2 Å². The van der Waals surface area contributed by atoms with Crippen LogP contribution < -0.4 is 4.74 Å². The fourth-order valence-electron chi connectivity index (χ4n) is 4.51. The van der Waals surface area contributed by atoms with E-state index in [-0.39, 0.29) is 22.7 Å². The van der Waals surface area contributed by atoms with Crippen LogP contribution in [-0.4, -0.2) is 28.4 Å². The molecule has 1 atom stereocenters. The summed E-state index contributed by atoms with van der Waals surface area (Å²) in [5.74, 6) is 0.241. The predicted octanol–water partition coefficient (Wildman–Crippen LogP) is 6.92. The third-order valence-corrected chi connectivity index (χ3v) is 6.84. The van der Waals surface area contributed by atoms with Crippen molar-refractivity contribution in [3.63, 3.8) is 0 Å². The Morgan fingerprint density at radius 2 is 1.81 bits per heavy atom. The Morgan fingerprint density at radius 1 is 1.06 bits per heavy atom. The van der Waals surface area contributed by atoms with Crippen LogP contribution in [0.25, 0.3) is 0 Å². The van der Waals surface area contributed by atoms with Crippen molar-refractivity contribution in [2.24, 2.45) is 5.92 Å². The number of hydrogen-bond acceptors (Lipinski definition) is 3. The van der Waals surface area contributed by atoms with Crippen LogP contribution in [0.4, 0.5) is 13.2 Å². The molecule has 1 aliphatic heterocycles. The van der Waals surface area contributed by atoms with Crippen LogP contribution in [0.1, 0.15) is 49.7 Å². The van der Waals surface area contributed by atoms with Crippen molar-refractivity contribution < 1.29 is 22.7 Å². The lowest BCUT2D eigenvalue weighted by Crippen LogP contribution is -2.39. The lowest BCUT2D eigenvalue weighted by atomic mass is 9.94. The smallest absolute Gasteiger partial charge is 0.417 e. The normalized spacial score (nSPS) is 20.1. The average Bonchev–Trinajstić information content (AvgIpc) is 3.12. The van der Waals surface area contributed by atoms with Gasteiger partial charge in [-0.3, -0.25) is 4.79 Å². The fraction of sp³-hybridized carbons (Fsp3) is 0.478. The second-order valence-electron chi connectivity index (χ2n) is 8.38. The number of rotatable bonds is 5. The summed E-state index contributed by atoms with van der Waals surface area (Å²) in [5, 5.41) is 0.262. The van der Waals surface area contributed by atoms with E-state index in [9.17, 15) is 18.0 Å². The Hall–Kier alpha value is -1.99. The fourth-order valence-corrected chi connectivity index (χ4v) is 4.91. The molecule has 0 bridgehead atoms. The molecule has 172 valence electrons. The first-order chi connectivity index (χ1) is 15.2. The van der Waals surface area contributed by atoms with Gasteiger partial charge in [-0.25, -0.2) is 4.98 Å². The number of nitrogens with zero attached hydrogens (tertiary/aromatic N) is 2. The second kappa shape index (κ2) is 9.48. The number of carbonyl (C=O) groups excluding carboxylic acids is 1. The standard InChI is InChI=1S/C23H23Cl2F3N2O2/c24-19-7-6-18(32-21-20(25)12-16(13-29-21)23(26,27)28)11-15(19)10-14-8-9-30(22(14)31)17-4-2-1-3-5-17/h6-7,11-14,17H,1-5,8-10H2. The molecule has 32 heavy (non-hydrogen) atoms. The van der Waals surface area contributed by atoms with E-state index in [1.807, 2.05) is 4.90 Å². The molecule has 1 aliphatic carbocycles. The second-order valence-corrected chi connectivity index (χ2v) is 9.19. The number of aromatic nitrogens is 1. The third-order valence-electron chi connectivity index (χ3n) is 6.20. The largest absolute Gasteiger partial charge is 0.438 e. The van der Waals surface area contributed by atoms with Gasteiger partial charge in [-0.2, -0.15) is 13.2 Å². The summed E-state index contributed by atoms with van der Waals surface area (Å²) in [5.41, 5.74) is -0.204. The molecular formula is C23H23Cl2F3N2O2. The van der Waals surface area contributed by atoms with Crippen molar-refractivity contribution in [3.05, 3.63) is 51.6 Å². The van der Waals surface area contributed by atoms with Gasteiger partial charge in [-0.15, -0.1) is 0 Å². The van der Waals surface area contributed by atoms with Crippen LogP contribution in [0, 0.1) is 5.92 Å². The molecule has 0 N–H and O–H groups in total. The third kappa shape index (κ3) is 5.15. The minimum Gasteiger partial charge on any atom is -0.438 e. The summed E-state index contributed by atoms with van der Waals surface area (Å²) >= 11 is 12.3. The zero-order chi connectivity index (χ0) is 22.9. The lowest BCUT2D eigenvalue weighted by molar-refractivity contribution is -0.138. The SMILES string of the molecule is O=C1C(Cc2cc(Oc3ncc(C(F)(F)F)cc3Cl)ccc2Cl)CCN1C1CCCCC1. The monoisotopic (exact) mass is 486 g/mol. The molecule has 4 nitrogen and oxygen atoms in total. The quantitative estimate of drug-likeness (QED) is 0.460. The number of ether oxygens (including phenoxy) is 1. The predicted molar refractivity (Wildman–Crippen MR) is 116 cm³/mol. The van der Waals surface area contributed by atoms with E-state index < -0.39 is 11.7 Å². The molecule has 1 amide bonds. The summed E-state index contributed by atoms with van der Waals surface area (Å²) < 4.78 is 44.0. The van der Waals surface area contributed by atoms with Crippen LogP contribution in [0.3, 0.4) is 0 Å². The molecular weight excluding hydrogens is 464 g/mol. The maximum atomic E-state index is 13.0. The topological polar surface area (TPSA) is 42.4 Å². The lowest BCUT2D eigenvalue weighted by Gasteiger charge is -2.31. The summed E-state index contributed by atoms with van der Waals surface area (Å²) in [4.78, 5) is 18.7. The maximum Gasteiger partial charge on any atom is 0.417 e. The molecule has 2 fully saturated rings. The van der Waals surface area contributed by atoms with Crippen LogP contribution in [0.15, 0.2) is 30.5 Å². The molecule has 2 aromatic rings. The number of benzene rings is 1. The highest BCUT2D eigenvalue weighted by molar-refractivity contribution is 6.32. The molecule has 2 aliphatic rings. The zero-order valence-electron chi connectivity index (χ0n) is 17.3. The molecule has 1 unspecified atom stereocenters. The van der Waals surface area contributed by atoms with Crippen molar-refractivity contribution >= 4 is 29.1 Å². The van der Waals surface area contributed by atoms with Crippen LogP contribution in [0.5, 0.6) is 11.6 Å². The van der Waals surface area contributed by atoms with E-state index in [0.29, 0.717) is 29.4 Å². The molecule has 1 aromatic carbocycles. The van der Waals surface area contributed by atoms with Gasteiger partial charge < -0.3 is 9.64 Å². The zero-order valence-corrected chi connectivity index (χ0v) is 18.8. The molecule has 0 radical (unpaired) electrons. The molecule has 9 heteroatoms. The first-order valence-corrected chi connectivity index (χ1v) is 11.5. The Labute approximate surface area is 194 Å². The minimum atomic E-state index is -4.54. The summed E-state index contributed by atoms with van der Waals surface area (Å²) in [7, 11) is 0. The van der Waals surface area contributed by atoms with Gasteiger partial charge in [0.15, 0.2) is 0 Å². The van der Waals surface area contributed by atoms with Crippen molar-refractivity contribution in [1.82, 2.24) is 9.88 Å². The molecule has 0 spiro atoms. The number of alkyl halides is 3. The number of carbonyl (C=O) groups is 1. The van der Waals surface area contributed by atoms with Gasteiger partial charge in [0, 0.05) is 29.7 Å².